The van der Waals surface area contributed by atoms with Gasteiger partial charge in [-0.3, -0.25) is 0 Å². The molecule has 0 unspecified atom stereocenters. The summed E-state index contributed by atoms with van der Waals surface area (Å²) in [6, 6.07) is 13.0. The fraction of sp³-hybridized carbons (Fsp3) is 0.176. The molecule has 0 bridgehead atoms. The highest BCUT2D eigenvalue weighted by atomic mass is 35.5. The maximum Gasteiger partial charge on any atom is 0.146 e. The van der Waals surface area contributed by atoms with Crippen LogP contribution in [0.25, 0.3) is 6.08 Å². The highest BCUT2D eigenvalue weighted by Gasteiger charge is 2.03. The number of benzene rings is 2. The second-order valence-electron chi connectivity index (χ2n) is 4.91. The molecule has 0 radical (unpaired) electrons. The van der Waals surface area contributed by atoms with Crippen molar-refractivity contribution in [3.63, 3.8) is 0 Å². The van der Waals surface area contributed by atoms with Crippen LogP contribution in [-0.2, 0) is 0 Å². The maximum atomic E-state index is 6.08. The third-order valence-electron chi connectivity index (χ3n) is 2.78. The second-order valence-corrected chi connectivity index (χ2v) is 5.75. The molecule has 0 aliphatic carbocycles. The Morgan fingerprint density at radius 2 is 1.76 bits per heavy atom. The number of rotatable bonds is 5. The molecule has 0 saturated heterocycles. The minimum atomic E-state index is 0.498. The van der Waals surface area contributed by atoms with Crippen molar-refractivity contribution >= 4 is 29.3 Å². The summed E-state index contributed by atoms with van der Waals surface area (Å²) in [6.07, 6.45) is 4.20. The lowest BCUT2D eigenvalue weighted by molar-refractivity contribution is 0.457. The molecular formula is C17H17Cl2NO. The lowest BCUT2D eigenvalue weighted by atomic mass is 10.2. The minimum Gasteiger partial charge on any atom is -0.456 e. The van der Waals surface area contributed by atoms with Crippen molar-refractivity contribution in [1.82, 2.24) is 4.90 Å². The topological polar surface area (TPSA) is 12.5 Å². The van der Waals surface area contributed by atoms with Crippen LogP contribution in [0.3, 0.4) is 0 Å². The van der Waals surface area contributed by atoms with Gasteiger partial charge in [0.25, 0.3) is 0 Å². The van der Waals surface area contributed by atoms with Crippen LogP contribution in [0.4, 0.5) is 0 Å². The van der Waals surface area contributed by atoms with Crippen LogP contribution in [0.2, 0.25) is 10.0 Å². The first-order valence-electron chi connectivity index (χ1n) is 6.59. The van der Waals surface area contributed by atoms with E-state index in [1.165, 1.54) is 0 Å². The Hall–Kier alpha value is -1.48. The van der Waals surface area contributed by atoms with Crippen LogP contribution in [0.5, 0.6) is 11.5 Å². The van der Waals surface area contributed by atoms with Crippen LogP contribution in [0.1, 0.15) is 5.56 Å². The van der Waals surface area contributed by atoms with Crippen molar-refractivity contribution in [3.05, 3.63) is 64.1 Å². The summed E-state index contributed by atoms with van der Waals surface area (Å²) >= 11 is 11.9. The van der Waals surface area contributed by atoms with Gasteiger partial charge in [-0.1, -0.05) is 47.5 Å². The highest BCUT2D eigenvalue weighted by Crippen LogP contribution is 2.31. The molecule has 2 rings (SSSR count). The number of hydrogen-bond donors (Lipinski definition) is 0. The van der Waals surface area contributed by atoms with Crippen molar-refractivity contribution < 1.29 is 4.74 Å². The van der Waals surface area contributed by atoms with Crippen LogP contribution in [0.15, 0.2) is 48.5 Å². The molecule has 0 spiro atoms. The Balaban J connectivity index is 2.03. The summed E-state index contributed by atoms with van der Waals surface area (Å²) in [5, 5.41) is 1.09. The molecule has 0 aromatic heterocycles. The van der Waals surface area contributed by atoms with Crippen molar-refractivity contribution in [2.45, 2.75) is 0 Å². The normalized spacial score (nSPS) is 11.3. The summed E-state index contributed by atoms with van der Waals surface area (Å²) in [7, 11) is 4.08. The second kappa shape index (κ2) is 7.51. The van der Waals surface area contributed by atoms with Crippen LogP contribution in [0, 0.1) is 0 Å². The van der Waals surface area contributed by atoms with E-state index in [1.807, 2.05) is 38.4 Å². The predicted octanol–water partition coefficient (Wildman–Crippen LogP) is 5.36. The average Bonchev–Trinajstić information content (AvgIpc) is 2.43. The summed E-state index contributed by atoms with van der Waals surface area (Å²) in [5.74, 6) is 1.33. The number of hydrogen-bond acceptors (Lipinski definition) is 2. The van der Waals surface area contributed by atoms with Crippen LogP contribution < -0.4 is 4.74 Å². The molecule has 2 nitrogen and oxygen atoms in total. The maximum absolute atomic E-state index is 6.08. The van der Waals surface area contributed by atoms with Gasteiger partial charge in [0.15, 0.2) is 0 Å². The molecule has 110 valence electrons. The molecule has 0 aliphatic heterocycles. The van der Waals surface area contributed by atoms with E-state index in [1.54, 1.807) is 18.2 Å². The van der Waals surface area contributed by atoms with Gasteiger partial charge in [0.1, 0.15) is 11.5 Å². The van der Waals surface area contributed by atoms with Gasteiger partial charge in [0.2, 0.25) is 0 Å². The van der Waals surface area contributed by atoms with Gasteiger partial charge in [-0.2, -0.15) is 0 Å². The molecule has 4 heteroatoms. The van der Waals surface area contributed by atoms with Gasteiger partial charge in [-0.15, -0.1) is 0 Å². The van der Waals surface area contributed by atoms with Gasteiger partial charge in [0.05, 0.1) is 5.02 Å². The molecule has 0 aliphatic rings. The van der Waals surface area contributed by atoms with Crippen molar-refractivity contribution in [2.24, 2.45) is 0 Å². The van der Waals surface area contributed by atoms with Gasteiger partial charge >= 0.3 is 0 Å². The van der Waals surface area contributed by atoms with E-state index in [-0.39, 0.29) is 0 Å². The smallest absolute Gasteiger partial charge is 0.146 e. The first-order valence-corrected chi connectivity index (χ1v) is 7.34. The lowest BCUT2D eigenvalue weighted by Crippen LogP contribution is -2.10. The van der Waals surface area contributed by atoms with E-state index in [9.17, 15) is 0 Å². The fourth-order valence-corrected chi connectivity index (χ4v) is 2.18. The van der Waals surface area contributed by atoms with E-state index in [0.717, 1.165) is 17.9 Å². The zero-order chi connectivity index (χ0) is 15.2. The molecule has 0 N–H and O–H groups in total. The Labute approximate surface area is 135 Å². The highest BCUT2D eigenvalue weighted by molar-refractivity contribution is 6.35. The van der Waals surface area contributed by atoms with E-state index in [2.05, 4.69) is 17.1 Å². The van der Waals surface area contributed by atoms with Crippen molar-refractivity contribution in [2.75, 3.05) is 20.6 Å². The molecule has 0 fully saturated rings. The Morgan fingerprint density at radius 1 is 1.05 bits per heavy atom. The Kier molecular flexibility index (Phi) is 5.68. The van der Waals surface area contributed by atoms with E-state index >= 15 is 0 Å². The van der Waals surface area contributed by atoms with Crippen molar-refractivity contribution in [1.29, 1.82) is 0 Å². The molecule has 0 atom stereocenters. The fourth-order valence-electron chi connectivity index (χ4n) is 1.73. The average molecular weight is 322 g/mol. The van der Waals surface area contributed by atoms with Crippen LogP contribution in [-0.4, -0.2) is 25.5 Å². The SMILES string of the molecule is CN(C)CC=Cc1ccc(Oc2ccc(Cl)cc2Cl)cc1. The molecular weight excluding hydrogens is 305 g/mol. The Morgan fingerprint density at radius 3 is 2.38 bits per heavy atom. The number of nitrogens with zero attached hydrogens (tertiary/aromatic N) is 1. The molecule has 0 amide bonds. The Bertz CT molecular complexity index is 621. The molecule has 0 saturated carbocycles. The minimum absolute atomic E-state index is 0.498. The van der Waals surface area contributed by atoms with E-state index in [0.29, 0.717) is 15.8 Å². The van der Waals surface area contributed by atoms with Crippen LogP contribution >= 0.6 is 23.2 Å². The molecule has 2 aromatic carbocycles. The number of likely N-dealkylation sites (N-methyl/N-ethyl adjacent to an activating group) is 1. The van der Waals surface area contributed by atoms with Gasteiger partial charge in [-0.25, -0.2) is 0 Å². The molecule has 0 heterocycles. The summed E-state index contributed by atoms with van der Waals surface area (Å²) < 4.78 is 5.74. The number of ether oxygens (including phenoxy) is 1. The van der Waals surface area contributed by atoms with Crippen molar-refractivity contribution in [3.8, 4) is 11.5 Å². The largest absolute Gasteiger partial charge is 0.456 e. The summed E-state index contributed by atoms with van der Waals surface area (Å²) in [6.45, 7) is 0.915. The summed E-state index contributed by atoms with van der Waals surface area (Å²) in [4.78, 5) is 2.11. The number of halogens is 2. The van der Waals surface area contributed by atoms with Gasteiger partial charge in [-0.05, 0) is 50.0 Å². The quantitative estimate of drug-likeness (QED) is 0.735. The first kappa shape index (κ1) is 15.9. The van der Waals surface area contributed by atoms with E-state index in [4.69, 9.17) is 27.9 Å². The third kappa shape index (κ3) is 5.09. The summed E-state index contributed by atoms with van der Waals surface area (Å²) in [5.41, 5.74) is 1.13. The zero-order valence-corrected chi connectivity index (χ0v) is 13.5. The van der Waals surface area contributed by atoms with Gasteiger partial charge < -0.3 is 9.64 Å². The third-order valence-corrected chi connectivity index (χ3v) is 3.31. The van der Waals surface area contributed by atoms with Gasteiger partial charge in [0, 0.05) is 11.6 Å². The standard InChI is InChI=1S/C17H17Cl2NO/c1-20(2)11-3-4-13-5-8-15(9-6-13)21-17-10-7-14(18)12-16(17)19/h3-10,12H,11H2,1-2H3. The zero-order valence-electron chi connectivity index (χ0n) is 12.0. The predicted molar refractivity (Wildman–Crippen MR) is 90.6 cm³/mol. The lowest BCUT2D eigenvalue weighted by Gasteiger charge is -2.08. The first-order chi connectivity index (χ1) is 10.0. The molecule has 21 heavy (non-hydrogen) atoms. The monoisotopic (exact) mass is 321 g/mol. The van der Waals surface area contributed by atoms with E-state index < -0.39 is 0 Å². The molecule has 2 aromatic rings.